The van der Waals surface area contributed by atoms with Gasteiger partial charge in [-0.25, -0.2) is 4.79 Å². The molecule has 0 bridgehead atoms. The summed E-state index contributed by atoms with van der Waals surface area (Å²) in [5, 5.41) is 9.97. The first kappa shape index (κ1) is 16.6. The van der Waals surface area contributed by atoms with Crippen LogP contribution in [0, 0.1) is 11.3 Å². The van der Waals surface area contributed by atoms with Crippen molar-refractivity contribution in [3.05, 3.63) is 88.8 Å². The van der Waals surface area contributed by atoms with Crippen LogP contribution in [-0.2, 0) is 0 Å². The Morgan fingerprint density at radius 3 is 2.68 bits per heavy atom. The van der Waals surface area contributed by atoms with Gasteiger partial charge in [0.1, 0.15) is 5.75 Å². The van der Waals surface area contributed by atoms with Crippen molar-refractivity contribution in [1.82, 2.24) is 0 Å². The summed E-state index contributed by atoms with van der Waals surface area (Å²) in [6.45, 7) is 0. The van der Waals surface area contributed by atoms with Crippen molar-refractivity contribution < 1.29 is 13.9 Å². The molecule has 0 aliphatic rings. The SMILES string of the molecule is N#C/C(=C/c1cccc(OC(=O)c2ccco2)c1)c1cccc(Cl)c1. The van der Waals surface area contributed by atoms with Gasteiger partial charge in [0.15, 0.2) is 0 Å². The topological polar surface area (TPSA) is 63.2 Å². The second-order valence-corrected chi connectivity index (χ2v) is 5.56. The minimum absolute atomic E-state index is 0.123. The van der Waals surface area contributed by atoms with E-state index in [2.05, 4.69) is 6.07 Å². The third-order valence-corrected chi connectivity index (χ3v) is 3.59. The van der Waals surface area contributed by atoms with E-state index in [4.69, 9.17) is 20.8 Å². The first-order valence-corrected chi connectivity index (χ1v) is 7.77. The van der Waals surface area contributed by atoms with Gasteiger partial charge in [-0.3, -0.25) is 0 Å². The van der Waals surface area contributed by atoms with Crippen molar-refractivity contribution in [3.8, 4) is 11.8 Å². The van der Waals surface area contributed by atoms with Crippen LogP contribution in [0.15, 0.2) is 71.3 Å². The summed E-state index contributed by atoms with van der Waals surface area (Å²) in [4.78, 5) is 11.9. The lowest BCUT2D eigenvalue weighted by Crippen LogP contribution is -2.07. The molecule has 0 saturated carbocycles. The highest BCUT2D eigenvalue weighted by atomic mass is 35.5. The molecule has 0 spiro atoms. The number of ether oxygens (including phenoxy) is 1. The average molecular weight is 350 g/mol. The van der Waals surface area contributed by atoms with Gasteiger partial charge in [0, 0.05) is 5.02 Å². The molecule has 5 heteroatoms. The van der Waals surface area contributed by atoms with Crippen LogP contribution in [0.1, 0.15) is 21.7 Å². The van der Waals surface area contributed by atoms with E-state index in [1.165, 1.54) is 12.3 Å². The molecule has 0 saturated heterocycles. The molecule has 0 aliphatic carbocycles. The van der Waals surface area contributed by atoms with E-state index in [0.29, 0.717) is 21.9 Å². The van der Waals surface area contributed by atoms with Gasteiger partial charge in [0.25, 0.3) is 0 Å². The van der Waals surface area contributed by atoms with E-state index >= 15 is 0 Å². The van der Waals surface area contributed by atoms with E-state index < -0.39 is 5.97 Å². The van der Waals surface area contributed by atoms with Gasteiger partial charge in [-0.1, -0.05) is 35.9 Å². The lowest BCUT2D eigenvalue weighted by atomic mass is 10.0. The molecule has 0 aliphatic heterocycles. The predicted molar refractivity (Wildman–Crippen MR) is 95.0 cm³/mol. The zero-order chi connectivity index (χ0) is 17.6. The van der Waals surface area contributed by atoms with Crippen molar-refractivity contribution in [2.75, 3.05) is 0 Å². The summed E-state index contributed by atoms with van der Waals surface area (Å²) in [6.07, 6.45) is 3.11. The fraction of sp³-hybridized carbons (Fsp3) is 0. The molecule has 0 amide bonds. The van der Waals surface area contributed by atoms with Crippen molar-refractivity contribution in [2.45, 2.75) is 0 Å². The Hall–Kier alpha value is -3.29. The Labute approximate surface area is 149 Å². The number of nitriles is 1. The molecule has 3 rings (SSSR count). The smallest absolute Gasteiger partial charge is 0.379 e. The van der Waals surface area contributed by atoms with Crippen molar-refractivity contribution in [2.24, 2.45) is 0 Å². The Balaban J connectivity index is 1.85. The van der Waals surface area contributed by atoms with Crippen LogP contribution in [0.4, 0.5) is 0 Å². The number of carbonyl (C=O) groups excluding carboxylic acids is 1. The van der Waals surface area contributed by atoms with E-state index in [1.54, 1.807) is 48.5 Å². The first-order valence-electron chi connectivity index (χ1n) is 7.39. The van der Waals surface area contributed by atoms with Crippen molar-refractivity contribution >= 4 is 29.2 Å². The molecule has 1 aromatic heterocycles. The summed E-state index contributed by atoms with van der Waals surface area (Å²) in [7, 11) is 0. The normalized spacial score (nSPS) is 11.0. The molecule has 2 aromatic carbocycles. The second-order valence-electron chi connectivity index (χ2n) is 5.12. The summed E-state index contributed by atoms with van der Waals surface area (Å²) in [6, 6.07) is 19.2. The quantitative estimate of drug-likeness (QED) is 0.280. The maximum absolute atomic E-state index is 11.9. The number of hydrogen-bond donors (Lipinski definition) is 0. The zero-order valence-electron chi connectivity index (χ0n) is 13.0. The van der Waals surface area contributed by atoms with Crippen LogP contribution < -0.4 is 4.74 Å². The number of hydrogen-bond acceptors (Lipinski definition) is 4. The Morgan fingerprint density at radius 2 is 1.96 bits per heavy atom. The number of furan rings is 1. The van der Waals surface area contributed by atoms with Gasteiger partial charge in [0.05, 0.1) is 17.9 Å². The van der Waals surface area contributed by atoms with Crippen molar-refractivity contribution in [1.29, 1.82) is 5.26 Å². The van der Waals surface area contributed by atoms with E-state index in [-0.39, 0.29) is 5.76 Å². The van der Waals surface area contributed by atoms with Gasteiger partial charge in [-0.15, -0.1) is 0 Å². The molecule has 0 atom stereocenters. The monoisotopic (exact) mass is 349 g/mol. The second kappa shape index (κ2) is 7.52. The van der Waals surface area contributed by atoms with E-state index in [9.17, 15) is 10.1 Å². The molecule has 0 fully saturated rings. The highest BCUT2D eigenvalue weighted by Gasteiger charge is 2.11. The van der Waals surface area contributed by atoms with Gasteiger partial charge in [-0.05, 0) is 53.6 Å². The molecular formula is C20H12ClNO3. The van der Waals surface area contributed by atoms with Crippen LogP contribution >= 0.6 is 11.6 Å². The van der Waals surface area contributed by atoms with Gasteiger partial charge in [0.2, 0.25) is 5.76 Å². The summed E-state index contributed by atoms with van der Waals surface area (Å²) in [5.41, 5.74) is 1.89. The molecule has 0 N–H and O–H groups in total. The van der Waals surface area contributed by atoms with Gasteiger partial charge >= 0.3 is 5.97 Å². The summed E-state index contributed by atoms with van der Waals surface area (Å²) in [5.74, 6) is -0.0994. The molecule has 0 unspecified atom stereocenters. The van der Waals surface area contributed by atoms with Gasteiger partial charge in [-0.2, -0.15) is 5.26 Å². The lowest BCUT2D eigenvalue weighted by Gasteiger charge is -2.04. The Bertz CT molecular complexity index is 969. The van der Waals surface area contributed by atoms with Crippen LogP contribution in [-0.4, -0.2) is 5.97 Å². The number of allylic oxidation sites excluding steroid dienone is 1. The molecule has 1 heterocycles. The zero-order valence-corrected chi connectivity index (χ0v) is 13.7. The maximum atomic E-state index is 11.9. The highest BCUT2D eigenvalue weighted by molar-refractivity contribution is 6.30. The molecule has 4 nitrogen and oxygen atoms in total. The average Bonchev–Trinajstić information content (AvgIpc) is 3.15. The maximum Gasteiger partial charge on any atom is 0.379 e. The molecular weight excluding hydrogens is 338 g/mol. The van der Waals surface area contributed by atoms with Gasteiger partial charge < -0.3 is 9.15 Å². The molecule has 122 valence electrons. The Kier molecular flexibility index (Phi) is 4.98. The number of halogens is 1. The minimum Gasteiger partial charge on any atom is -0.457 e. The third kappa shape index (κ3) is 4.17. The number of esters is 1. The number of carbonyl (C=O) groups is 1. The Morgan fingerprint density at radius 1 is 1.12 bits per heavy atom. The van der Waals surface area contributed by atoms with Crippen molar-refractivity contribution in [3.63, 3.8) is 0 Å². The fourth-order valence-corrected chi connectivity index (χ4v) is 2.41. The fourth-order valence-electron chi connectivity index (χ4n) is 2.22. The lowest BCUT2D eigenvalue weighted by molar-refractivity contribution is 0.0701. The minimum atomic E-state index is -0.582. The molecule has 0 radical (unpaired) electrons. The summed E-state index contributed by atoms with van der Waals surface area (Å²) < 4.78 is 10.3. The highest BCUT2D eigenvalue weighted by Crippen LogP contribution is 2.23. The van der Waals surface area contributed by atoms with E-state index in [0.717, 1.165) is 5.56 Å². The third-order valence-electron chi connectivity index (χ3n) is 3.36. The van der Waals surface area contributed by atoms with Crippen LogP contribution in [0.25, 0.3) is 11.6 Å². The summed E-state index contributed by atoms with van der Waals surface area (Å²) >= 11 is 5.98. The number of benzene rings is 2. The van der Waals surface area contributed by atoms with Crippen LogP contribution in [0.3, 0.4) is 0 Å². The number of rotatable bonds is 4. The van der Waals surface area contributed by atoms with Crippen LogP contribution in [0.5, 0.6) is 5.75 Å². The van der Waals surface area contributed by atoms with Crippen LogP contribution in [0.2, 0.25) is 5.02 Å². The first-order chi connectivity index (χ1) is 12.2. The largest absolute Gasteiger partial charge is 0.457 e. The molecule has 25 heavy (non-hydrogen) atoms. The van der Waals surface area contributed by atoms with E-state index in [1.807, 2.05) is 12.1 Å². The molecule has 3 aromatic rings. The standard InChI is InChI=1S/C20H12ClNO3/c21-17-6-2-5-15(12-17)16(13-22)10-14-4-1-7-18(11-14)25-20(23)19-8-3-9-24-19/h1-12H/b16-10-. The predicted octanol–water partition coefficient (Wildman–Crippen LogP) is 5.22. The number of nitrogens with zero attached hydrogens (tertiary/aromatic N) is 1.